The summed E-state index contributed by atoms with van der Waals surface area (Å²) in [7, 11) is 0. The van der Waals surface area contributed by atoms with Crippen molar-refractivity contribution in [2.75, 3.05) is 0 Å². The van der Waals surface area contributed by atoms with Crippen molar-refractivity contribution in [3.63, 3.8) is 0 Å². The molecule has 6 heteroatoms. The molecule has 0 aliphatic heterocycles. The van der Waals surface area contributed by atoms with Gasteiger partial charge in [0, 0.05) is 18.2 Å². The summed E-state index contributed by atoms with van der Waals surface area (Å²) >= 11 is 0. The van der Waals surface area contributed by atoms with E-state index >= 15 is 0 Å². The Morgan fingerprint density at radius 1 is 0.818 bits per heavy atom. The summed E-state index contributed by atoms with van der Waals surface area (Å²) in [6.07, 6.45) is 5.78. The highest BCUT2D eigenvalue weighted by Gasteiger charge is 2.22. The SMILES string of the molecule is c1cc[n+](-[n+]2ccccc2On2nnc3ccccc32)cc1. The highest BCUT2D eigenvalue weighted by Crippen LogP contribution is 2.11. The van der Waals surface area contributed by atoms with Crippen molar-refractivity contribution in [2.24, 2.45) is 0 Å². The van der Waals surface area contributed by atoms with Gasteiger partial charge in [0.15, 0.2) is 0 Å². The minimum Gasteiger partial charge on any atom is -0.287 e. The maximum Gasteiger partial charge on any atom is 0.460 e. The van der Waals surface area contributed by atoms with Crippen LogP contribution in [0.4, 0.5) is 0 Å². The summed E-state index contributed by atoms with van der Waals surface area (Å²) in [6.45, 7) is 0. The summed E-state index contributed by atoms with van der Waals surface area (Å²) in [6, 6.07) is 19.2. The molecule has 4 rings (SSSR count). The first kappa shape index (κ1) is 12.5. The molecular formula is C16H13N5O+2. The van der Waals surface area contributed by atoms with Crippen LogP contribution in [0.1, 0.15) is 0 Å². The second-order valence-corrected chi connectivity index (χ2v) is 4.68. The fraction of sp³-hybridized carbons (Fsp3) is 0. The zero-order valence-corrected chi connectivity index (χ0v) is 11.6. The Morgan fingerprint density at radius 2 is 1.59 bits per heavy atom. The molecule has 0 saturated heterocycles. The van der Waals surface area contributed by atoms with Crippen molar-refractivity contribution in [1.29, 1.82) is 0 Å². The molecule has 4 aromatic rings. The van der Waals surface area contributed by atoms with Gasteiger partial charge >= 0.3 is 5.88 Å². The van der Waals surface area contributed by atoms with Crippen molar-refractivity contribution in [3.05, 3.63) is 79.3 Å². The normalized spacial score (nSPS) is 10.7. The average Bonchev–Trinajstić information content (AvgIpc) is 2.99. The Morgan fingerprint density at radius 3 is 2.50 bits per heavy atom. The summed E-state index contributed by atoms with van der Waals surface area (Å²) in [5, 5.41) is 8.14. The van der Waals surface area contributed by atoms with Crippen LogP contribution in [0.2, 0.25) is 0 Å². The van der Waals surface area contributed by atoms with E-state index < -0.39 is 0 Å². The average molecular weight is 291 g/mol. The fourth-order valence-electron chi connectivity index (χ4n) is 2.22. The van der Waals surface area contributed by atoms with E-state index in [0.29, 0.717) is 5.88 Å². The van der Waals surface area contributed by atoms with E-state index in [9.17, 15) is 0 Å². The maximum absolute atomic E-state index is 5.90. The fourth-order valence-corrected chi connectivity index (χ4v) is 2.22. The molecule has 0 fully saturated rings. The second kappa shape index (κ2) is 5.25. The van der Waals surface area contributed by atoms with Crippen molar-refractivity contribution in [2.45, 2.75) is 0 Å². The van der Waals surface area contributed by atoms with Gasteiger partial charge in [-0.05, 0) is 29.5 Å². The third kappa shape index (κ3) is 2.16. The summed E-state index contributed by atoms with van der Waals surface area (Å²) in [5.74, 6) is 0.620. The number of benzene rings is 1. The minimum absolute atomic E-state index is 0.620. The Balaban J connectivity index is 1.78. The molecule has 0 radical (unpaired) electrons. The van der Waals surface area contributed by atoms with E-state index in [1.54, 1.807) is 0 Å². The first-order valence-corrected chi connectivity index (χ1v) is 6.88. The number of fused-ring (bicyclic) bond motifs is 1. The second-order valence-electron chi connectivity index (χ2n) is 4.68. The Labute approximate surface area is 126 Å². The van der Waals surface area contributed by atoms with Gasteiger partial charge < -0.3 is 0 Å². The first-order valence-electron chi connectivity index (χ1n) is 6.88. The van der Waals surface area contributed by atoms with E-state index in [4.69, 9.17) is 4.84 Å². The summed E-state index contributed by atoms with van der Waals surface area (Å²) < 4.78 is 3.78. The molecule has 3 aromatic heterocycles. The number of hydrogen-bond acceptors (Lipinski definition) is 3. The molecule has 0 aliphatic rings. The molecule has 0 atom stereocenters. The molecule has 6 nitrogen and oxygen atoms in total. The van der Waals surface area contributed by atoms with Crippen LogP contribution in [-0.2, 0) is 0 Å². The van der Waals surface area contributed by atoms with E-state index in [2.05, 4.69) is 10.3 Å². The highest BCUT2D eigenvalue weighted by molar-refractivity contribution is 5.73. The van der Waals surface area contributed by atoms with Crippen LogP contribution in [-0.4, -0.2) is 15.2 Å². The van der Waals surface area contributed by atoms with Crippen LogP contribution in [0.15, 0.2) is 79.3 Å². The summed E-state index contributed by atoms with van der Waals surface area (Å²) in [5.41, 5.74) is 1.60. The topological polar surface area (TPSA) is 47.7 Å². The molecule has 0 spiro atoms. The molecule has 0 N–H and O–H groups in total. The molecule has 0 bridgehead atoms. The largest absolute Gasteiger partial charge is 0.460 e. The summed E-state index contributed by atoms with van der Waals surface area (Å²) in [4.78, 5) is 7.32. The molecule has 106 valence electrons. The van der Waals surface area contributed by atoms with Gasteiger partial charge in [-0.2, -0.15) is 0 Å². The monoisotopic (exact) mass is 291 g/mol. The molecule has 1 aromatic carbocycles. The van der Waals surface area contributed by atoms with Crippen LogP contribution < -0.4 is 14.2 Å². The van der Waals surface area contributed by atoms with Gasteiger partial charge in [-0.1, -0.05) is 17.0 Å². The standard InChI is InChI=1S/C16H13N5O/c1-5-11-19(12-6-1)20-13-7-4-10-16(20)22-21-15-9-3-2-8-14(15)17-18-21/h1-13H/q+2. The van der Waals surface area contributed by atoms with Crippen LogP contribution in [0.3, 0.4) is 0 Å². The number of aromatic nitrogens is 5. The van der Waals surface area contributed by atoms with Crippen molar-refractivity contribution < 1.29 is 14.2 Å². The zero-order valence-electron chi connectivity index (χ0n) is 11.6. The number of hydrogen-bond donors (Lipinski definition) is 0. The lowest BCUT2D eigenvalue weighted by atomic mass is 10.3. The molecule has 0 amide bonds. The third-order valence-electron chi connectivity index (χ3n) is 3.25. The number of nitrogens with zero attached hydrogens (tertiary/aromatic N) is 5. The Hall–Kier alpha value is -3.28. The predicted molar refractivity (Wildman–Crippen MR) is 77.6 cm³/mol. The number of pyridine rings is 2. The minimum atomic E-state index is 0.620. The van der Waals surface area contributed by atoms with E-state index in [-0.39, 0.29) is 0 Å². The molecule has 3 heterocycles. The molecule has 0 saturated carbocycles. The smallest absolute Gasteiger partial charge is 0.287 e. The van der Waals surface area contributed by atoms with Crippen molar-refractivity contribution >= 4 is 11.0 Å². The van der Waals surface area contributed by atoms with Gasteiger partial charge in [-0.25, -0.2) is 0 Å². The third-order valence-corrected chi connectivity index (χ3v) is 3.25. The van der Waals surface area contributed by atoms with Crippen molar-refractivity contribution in [1.82, 2.24) is 15.2 Å². The predicted octanol–water partition coefficient (Wildman–Crippen LogP) is 1.16. The quantitative estimate of drug-likeness (QED) is 0.532. The van der Waals surface area contributed by atoms with E-state index in [0.717, 1.165) is 11.0 Å². The lowest BCUT2D eigenvalue weighted by molar-refractivity contribution is -1.30. The van der Waals surface area contributed by atoms with Crippen LogP contribution in [0.5, 0.6) is 5.88 Å². The van der Waals surface area contributed by atoms with Crippen LogP contribution in [0, 0.1) is 0 Å². The van der Waals surface area contributed by atoms with Crippen molar-refractivity contribution in [3.8, 4) is 5.88 Å². The van der Waals surface area contributed by atoms with E-state index in [1.165, 1.54) is 4.85 Å². The van der Waals surface area contributed by atoms with Gasteiger partial charge in [0.2, 0.25) is 18.6 Å². The number of para-hydroxylation sites is 1. The maximum atomic E-state index is 5.90. The Kier molecular flexibility index (Phi) is 2.97. The van der Waals surface area contributed by atoms with Crippen LogP contribution in [0.25, 0.3) is 11.0 Å². The van der Waals surface area contributed by atoms with Gasteiger partial charge in [-0.15, -0.1) is 5.10 Å². The first-order chi connectivity index (χ1) is 10.9. The van der Waals surface area contributed by atoms with Crippen LogP contribution >= 0.6 is 0 Å². The molecular weight excluding hydrogens is 278 g/mol. The van der Waals surface area contributed by atoms with Gasteiger partial charge in [-0.3, -0.25) is 4.84 Å². The zero-order chi connectivity index (χ0) is 14.8. The molecule has 0 aliphatic carbocycles. The number of rotatable bonds is 3. The molecule has 0 unspecified atom stereocenters. The van der Waals surface area contributed by atoms with Gasteiger partial charge in [0.1, 0.15) is 15.7 Å². The Bertz CT molecular complexity index is 920. The molecule has 22 heavy (non-hydrogen) atoms. The van der Waals surface area contributed by atoms with Gasteiger partial charge in [0.25, 0.3) is 0 Å². The highest BCUT2D eigenvalue weighted by atomic mass is 16.7. The lowest BCUT2D eigenvalue weighted by Crippen LogP contribution is -2.66. The lowest BCUT2D eigenvalue weighted by Gasteiger charge is -2.00. The van der Waals surface area contributed by atoms with Gasteiger partial charge in [0.05, 0.1) is 10.7 Å². The van der Waals surface area contributed by atoms with E-state index in [1.807, 2.05) is 88.6 Å².